The molecule has 3 unspecified atom stereocenters. The molecule has 0 saturated carbocycles. The lowest BCUT2D eigenvalue weighted by Gasteiger charge is -2.40. The summed E-state index contributed by atoms with van der Waals surface area (Å²) in [7, 11) is 0. The molecule has 100 valence electrons. The highest BCUT2D eigenvalue weighted by Crippen LogP contribution is 2.20. The van der Waals surface area contributed by atoms with Gasteiger partial charge < -0.3 is 25.4 Å². The molecule has 0 aromatic carbocycles. The minimum atomic E-state index is -1.37. The summed E-state index contributed by atoms with van der Waals surface area (Å²) < 4.78 is 5.05. The molecule has 5 atom stereocenters. The zero-order chi connectivity index (χ0) is 13.0. The molecule has 0 radical (unpaired) electrons. The summed E-state index contributed by atoms with van der Waals surface area (Å²) in [5, 5.41) is 31.4. The molecule has 8 heteroatoms. The van der Waals surface area contributed by atoms with Crippen molar-refractivity contribution in [3.63, 3.8) is 0 Å². The van der Waals surface area contributed by atoms with Crippen LogP contribution in [0.15, 0.2) is 0 Å². The van der Waals surface area contributed by atoms with Crippen LogP contribution in [0.2, 0.25) is 0 Å². The lowest BCUT2D eigenvalue weighted by molar-refractivity contribution is -0.241. The number of hydrogen-bond donors (Lipinski definition) is 6. The average Bonchev–Trinajstić information content (AvgIpc) is 2.29. The van der Waals surface area contributed by atoms with Crippen LogP contribution < -0.4 is 5.32 Å². The zero-order valence-corrected chi connectivity index (χ0v) is 10.8. The van der Waals surface area contributed by atoms with Crippen LogP contribution in [-0.4, -0.2) is 63.4 Å². The number of carbonyl (C=O) groups is 1. The van der Waals surface area contributed by atoms with E-state index >= 15 is 0 Å². The third kappa shape index (κ3) is 3.73. The van der Waals surface area contributed by atoms with E-state index in [2.05, 4.69) is 30.6 Å². The Hall–Kier alpha value is 0.01000. The fourth-order valence-corrected chi connectivity index (χ4v) is 2.12. The summed E-state index contributed by atoms with van der Waals surface area (Å²) in [6.45, 7) is 0. The lowest BCUT2D eigenvalue weighted by atomic mass is 9.97. The number of carbonyl (C=O) groups excluding carboxylic acids is 1. The van der Waals surface area contributed by atoms with Gasteiger partial charge in [-0.2, -0.15) is 25.3 Å². The Balaban J connectivity index is 2.63. The minimum Gasteiger partial charge on any atom is -0.388 e. The SMILES string of the molecule is O=C(CCS)NC1C(O)OC(CS)[C@@H](O)[C@@H]1O. The zero-order valence-electron chi connectivity index (χ0n) is 9.06. The number of hydrogen-bond acceptors (Lipinski definition) is 7. The molecule has 0 aromatic rings. The highest BCUT2D eigenvalue weighted by molar-refractivity contribution is 7.80. The Morgan fingerprint density at radius 3 is 2.41 bits per heavy atom. The van der Waals surface area contributed by atoms with Crippen LogP contribution >= 0.6 is 25.3 Å². The van der Waals surface area contributed by atoms with Crippen LogP contribution in [0.1, 0.15) is 6.42 Å². The molecular formula is C9H17NO5S2. The van der Waals surface area contributed by atoms with Crippen molar-refractivity contribution in [1.82, 2.24) is 5.32 Å². The number of rotatable bonds is 4. The van der Waals surface area contributed by atoms with Gasteiger partial charge in [-0.15, -0.1) is 0 Å². The van der Waals surface area contributed by atoms with Crippen molar-refractivity contribution in [1.29, 1.82) is 0 Å². The second-order valence-corrected chi connectivity index (χ2v) is 4.61. The quantitative estimate of drug-likeness (QED) is 0.341. The Morgan fingerprint density at radius 2 is 1.88 bits per heavy atom. The topological polar surface area (TPSA) is 99.0 Å². The molecule has 1 saturated heterocycles. The standard InChI is InChI=1S/C9H17NO5S2/c11-5(1-2-16)10-6-8(13)7(12)4(3-17)15-9(6)14/h4,6-9,12-14,16-17H,1-3H2,(H,10,11)/t4?,6?,7-,8-,9?/m1/s1. The summed E-state index contributed by atoms with van der Waals surface area (Å²) in [5.74, 6) is 0.142. The summed E-state index contributed by atoms with van der Waals surface area (Å²) in [6.07, 6.45) is -4.46. The fourth-order valence-electron chi connectivity index (χ4n) is 1.61. The first kappa shape index (κ1) is 15.1. The van der Waals surface area contributed by atoms with Gasteiger partial charge >= 0.3 is 0 Å². The van der Waals surface area contributed by atoms with E-state index in [0.717, 1.165) is 0 Å². The maximum atomic E-state index is 11.3. The number of aliphatic hydroxyl groups excluding tert-OH is 3. The fraction of sp³-hybridized carbons (Fsp3) is 0.889. The maximum Gasteiger partial charge on any atom is 0.221 e. The van der Waals surface area contributed by atoms with Gasteiger partial charge in [-0.3, -0.25) is 4.79 Å². The predicted octanol–water partition coefficient (Wildman–Crippen LogP) is -1.84. The smallest absolute Gasteiger partial charge is 0.221 e. The van der Waals surface area contributed by atoms with Crippen molar-refractivity contribution in [3.05, 3.63) is 0 Å². The second kappa shape index (κ2) is 6.81. The molecule has 0 aliphatic carbocycles. The van der Waals surface area contributed by atoms with Crippen LogP contribution in [0.3, 0.4) is 0 Å². The first-order valence-electron chi connectivity index (χ1n) is 5.22. The molecule has 6 nitrogen and oxygen atoms in total. The van der Waals surface area contributed by atoms with E-state index in [1.807, 2.05) is 0 Å². The molecule has 1 aliphatic heterocycles. The molecule has 1 fully saturated rings. The third-order valence-electron chi connectivity index (χ3n) is 2.57. The molecule has 0 spiro atoms. The van der Waals surface area contributed by atoms with Gasteiger partial charge in [0.05, 0.1) is 6.10 Å². The molecule has 1 heterocycles. The van der Waals surface area contributed by atoms with Crippen molar-refractivity contribution in [2.75, 3.05) is 11.5 Å². The van der Waals surface area contributed by atoms with E-state index < -0.39 is 30.6 Å². The first-order chi connectivity index (χ1) is 8.01. The maximum absolute atomic E-state index is 11.3. The highest BCUT2D eigenvalue weighted by Gasteiger charge is 2.43. The number of thiol groups is 2. The molecule has 4 N–H and O–H groups in total. The van der Waals surface area contributed by atoms with Gasteiger partial charge in [-0.1, -0.05) is 0 Å². The molecule has 1 aliphatic rings. The van der Waals surface area contributed by atoms with Crippen molar-refractivity contribution in [3.8, 4) is 0 Å². The largest absolute Gasteiger partial charge is 0.388 e. The van der Waals surface area contributed by atoms with Gasteiger partial charge in [-0.25, -0.2) is 0 Å². The van der Waals surface area contributed by atoms with Crippen molar-refractivity contribution in [2.45, 2.75) is 37.1 Å². The molecule has 17 heavy (non-hydrogen) atoms. The highest BCUT2D eigenvalue weighted by atomic mass is 32.1. The van der Waals surface area contributed by atoms with E-state index in [9.17, 15) is 20.1 Å². The molecular weight excluding hydrogens is 266 g/mol. The van der Waals surface area contributed by atoms with Gasteiger partial charge in [0.1, 0.15) is 18.2 Å². The molecule has 1 amide bonds. The van der Waals surface area contributed by atoms with E-state index in [1.165, 1.54) is 0 Å². The van der Waals surface area contributed by atoms with Crippen LogP contribution in [-0.2, 0) is 9.53 Å². The summed E-state index contributed by atoms with van der Waals surface area (Å²) in [4.78, 5) is 11.3. The van der Waals surface area contributed by atoms with Crippen molar-refractivity contribution >= 4 is 31.2 Å². The Kier molecular flexibility index (Phi) is 6.04. The lowest BCUT2D eigenvalue weighted by Crippen LogP contribution is -2.63. The van der Waals surface area contributed by atoms with E-state index in [-0.39, 0.29) is 18.1 Å². The normalized spacial score (nSPS) is 37.8. The first-order valence-corrected chi connectivity index (χ1v) is 6.48. The van der Waals surface area contributed by atoms with Crippen LogP contribution in [0.4, 0.5) is 0 Å². The molecule has 0 aromatic heterocycles. The molecule has 0 bridgehead atoms. The van der Waals surface area contributed by atoms with E-state index in [1.54, 1.807) is 0 Å². The Morgan fingerprint density at radius 1 is 1.24 bits per heavy atom. The number of nitrogens with one attached hydrogen (secondary N) is 1. The summed E-state index contributed by atoms with van der Waals surface area (Å²) in [5.41, 5.74) is 0. The van der Waals surface area contributed by atoms with Crippen molar-refractivity contribution < 1.29 is 24.9 Å². The summed E-state index contributed by atoms with van der Waals surface area (Å²) in [6, 6.07) is -1.05. The Labute approximate surface area is 110 Å². The van der Waals surface area contributed by atoms with Gasteiger partial charge in [0, 0.05) is 12.2 Å². The van der Waals surface area contributed by atoms with Crippen molar-refractivity contribution in [2.24, 2.45) is 0 Å². The minimum absolute atomic E-state index is 0.158. The molecule has 1 rings (SSSR count). The van der Waals surface area contributed by atoms with Gasteiger partial charge in [0.2, 0.25) is 5.91 Å². The van der Waals surface area contributed by atoms with Crippen LogP contribution in [0.25, 0.3) is 0 Å². The number of ether oxygens (including phenoxy) is 1. The third-order valence-corrected chi connectivity index (χ3v) is 3.15. The number of amides is 1. The predicted molar refractivity (Wildman–Crippen MR) is 67.1 cm³/mol. The van der Waals surface area contributed by atoms with E-state index in [4.69, 9.17) is 4.74 Å². The summed E-state index contributed by atoms with van der Waals surface area (Å²) >= 11 is 7.83. The monoisotopic (exact) mass is 283 g/mol. The van der Waals surface area contributed by atoms with Gasteiger partial charge in [0.25, 0.3) is 0 Å². The Bertz CT molecular complexity index is 268. The van der Waals surface area contributed by atoms with Crippen LogP contribution in [0.5, 0.6) is 0 Å². The second-order valence-electron chi connectivity index (χ2n) is 3.80. The van der Waals surface area contributed by atoms with Crippen LogP contribution in [0, 0.1) is 0 Å². The van der Waals surface area contributed by atoms with Gasteiger partial charge in [-0.05, 0) is 5.75 Å². The number of aliphatic hydroxyl groups is 3. The van der Waals surface area contributed by atoms with Gasteiger partial charge in [0.15, 0.2) is 6.29 Å². The van der Waals surface area contributed by atoms with E-state index in [0.29, 0.717) is 5.75 Å². The average molecular weight is 283 g/mol.